The van der Waals surface area contributed by atoms with E-state index in [2.05, 4.69) is 0 Å². The highest BCUT2D eigenvalue weighted by Gasteiger charge is 2.15. The Morgan fingerprint density at radius 2 is 2.14 bits per heavy atom. The van der Waals surface area contributed by atoms with Crippen molar-refractivity contribution in [3.63, 3.8) is 0 Å². The Bertz CT molecular complexity index is 290. The Morgan fingerprint density at radius 1 is 1.36 bits per heavy atom. The van der Waals surface area contributed by atoms with Gasteiger partial charge in [-0.15, -0.1) is 0 Å². The summed E-state index contributed by atoms with van der Waals surface area (Å²) >= 11 is 0. The molecule has 1 amide bonds. The molecule has 3 nitrogen and oxygen atoms in total. The third kappa shape index (κ3) is 2.49. The van der Waals surface area contributed by atoms with Crippen molar-refractivity contribution in [2.75, 3.05) is 6.61 Å². The Hall–Kier alpha value is -1.51. The molecule has 0 fully saturated rings. The number of nitrogens with zero attached hydrogens (tertiary/aromatic N) is 1. The van der Waals surface area contributed by atoms with Crippen molar-refractivity contribution >= 4 is 6.09 Å². The number of amides is 1. The monoisotopic (exact) mass is 193 g/mol. The van der Waals surface area contributed by atoms with Gasteiger partial charge in [0, 0.05) is 11.9 Å². The van der Waals surface area contributed by atoms with E-state index in [0.29, 0.717) is 6.61 Å². The molecule has 1 aliphatic rings. The van der Waals surface area contributed by atoms with Crippen LogP contribution >= 0.6 is 0 Å². The van der Waals surface area contributed by atoms with Gasteiger partial charge in [-0.2, -0.15) is 0 Å². The number of carbonyl (C=O) groups excluding carboxylic acids is 1. The normalized spacial score (nSPS) is 15.0. The van der Waals surface area contributed by atoms with E-state index in [4.69, 9.17) is 4.74 Å². The van der Waals surface area contributed by atoms with Gasteiger partial charge in [0.1, 0.15) is 0 Å². The van der Waals surface area contributed by atoms with Crippen LogP contribution in [0, 0.1) is 0 Å². The zero-order valence-electron chi connectivity index (χ0n) is 8.56. The minimum absolute atomic E-state index is 0.319. The average Bonchev–Trinajstić information content (AvgIpc) is 2.42. The van der Waals surface area contributed by atoms with Crippen LogP contribution in [0.15, 0.2) is 36.2 Å². The summed E-state index contributed by atoms with van der Waals surface area (Å²) in [6.45, 7) is 4.20. The lowest BCUT2D eigenvalue weighted by Crippen LogP contribution is -2.25. The lowest BCUT2D eigenvalue weighted by atomic mass is 10.3. The lowest BCUT2D eigenvalue weighted by Gasteiger charge is -2.18. The van der Waals surface area contributed by atoms with Crippen LogP contribution in [0.3, 0.4) is 0 Å². The van der Waals surface area contributed by atoms with Gasteiger partial charge in [0.25, 0.3) is 0 Å². The molecule has 0 spiro atoms. The van der Waals surface area contributed by atoms with E-state index in [-0.39, 0.29) is 6.09 Å². The highest BCUT2D eigenvalue weighted by molar-refractivity contribution is 5.71. The van der Waals surface area contributed by atoms with Gasteiger partial charge >= 0.3 is 6.09 Å². The van der Waals surface area contributed by atoms with Crippen LogP contribution in [-0.2, 0) is 4.74 Å². The number of hydrogen-bond donors (Lipinski definition) is 0. The summed E-state index contributed by atoms with van der Waals surface area (Å²) in [6.07, 6.45) is 9.72. The van der Waals surface area contributed by atoms with Crippen molar-refractivity contribution in [2.45, 2.75) is 20.3 Å². The van der Waals surface area contributed by atoms with E-state index in [1.54, 1.807) is 13.1 Å². The highest BCUT2D eigenvalue weighted by atomic mass is 16.6. The molecule has 76 valence electrons. The molecule has 0 aromatic rings. The van der Waals surface area contributed by atoms with Crippen molar-refractivity contribution in [3.8, 4) is 0 Å². The van der Waals surface area contributed by atoms with Crippen LogP contribution in [-0.4, -0.2) is 17.6 Å². The van der Waals surface area contributed by atoms with Crippen LogP contribution in [0.2, 0.25) is 0 Å². The van der Waals surface area contributed by atoms with Crippen molar-refractivity contribution in [3.05, 3.63) is 36.2 Å². The first-order valence-electron chi connectivity index (χ1n) is 4.79. The smallest absolute Gasteiger partial charge is 0.418 e. The van der Waals surface area contributed by atoms with E-state index in [1.165, 1.54) is 4.90 Å². The van der Waals surface area contributed by atoms with Gasteiger partial charge in [-0.3, -0.25) is 4.90 Å². The van der Waals surface area contributed by atoms with Crippen LogP contribution in [0.4, 0.5) is 4.79 Å². The summed E-state index contributed by atoms with van der Waals surface area (Å²) in [5, 5.41) is 0. The molecule has 1 rings (SSSR count). The molecule has 1 aliphatic heterocycles. The van der Waals surface area contributed by atoms with Crippen molar-refractivity contribution in [1.29, 1.82) is 0 Å². The molecule has 0 radical (unpaired) electrons. The Balaban J connectivity index is 2.79. The zero-order valence-corrected chi connectivity index (χ0v) is 8.56. The van der Waals surface area contributed by atoms with Gasteiger partial charge in [-0.05, 0) is 25.5 Å². The standard InChI is InChI=1S/C11H15NO2/c1-3-10-8-6-5-7-9-12(10)11(13)14-4-2/h5-9H,3-4H2,1-2H3. The first-order valence-corrected chi connectivity index (χ1v) is 4.79. The van der Waals surface area contributed by atoms with Crippen molar-refractivity contribution in [2.24, 2.45) is 0 Å². The fourth-order valence-electron chi connectivity index (χ4n) is 1.20. The number of carbonyl (C=O) groups is 1. The van der Waals surface area contributed by atoms with Gasteiger partial charge in [-0.1, -0.05) is 19.1 Å². The number of rotatable bonds is 2. The summed E-state index contributed by atoms with van der Waals surface area (Å²) < 4.78 is 4.94. The summed E-state index contributed by atoms with van der Waals surface area (Å²) in [6, 6.07) is 0. The molecule has 0 unspecified atom stereocenters. The third-order valence-electron chi connectivity index (χ3n) is 1.88. The molecule has 0 aliphatic carbocycles. The Morgan fingerprint density at radius 3 is 2.79 bits per heavy atom. The Kier molecular flexibility index (Phi) is 3.98. The summed E-state index contributed by atoms with van der Waals surface area (Å²) in [7, 11) is 0. The first kappa shape index (κ1) is 10.6. The third-order valence-corrected chi connectivity index (χ3v) is 1.88. The molecule has 0 saturated heterocycles. The van der Waals surface area contributed by atoms with E-state index in [9.17, 15) is 4.79 Å². The number of allylic oxidation sites excluding steroid dienone is 5. The minimum atomic E-state index is -0.319. The highest BCUT2D eigenvalue weighted by Crippen LogP contribution is 2.14. The maximum Gasteiger partial charge on any atom is 0.418 e. The van der Waals surface area contributed by atoms with E-state index in [1.807, 2.05) is 31.2 Å². The quantitative estimate of drug-likeness (QED) is 0.674. The van der Waals surface area contributed by atoms with E-state index >= 15 is 0 Å². The minimum Gasteiger partial charge on any atom is -0.449 e. The second kappa shape index (κ2) is 5.27. The van der Waals surface area contributed by atoms with Crippen LogP contribution in [0.25, 0.3) is 0 Å². The van der Waals surface area contributed by atoms with Crippen LogP contribution in [0.1, 0.15) is 20.3 Å². The maximum absolute atomic E-state index is 11.5. The molecule has 3 heteroatoms. The zero-order chi connectivity index (χ0) is 10.4. The molecule has 0 aromatic heterocycles. The topological polar surface area (TPSA) is 29.5 Å². The molecule has 0 aromatic carbocycles. The van der Waals surface area contributed by atoms with Crippen LogP contribution in [0.5, 0.6) is 0 Å². The molecule has 0 atom stereocenters. The molecular weight excluding hydrogens is 178 g/mol. The molecule has 0 N–H and O–H groups in total. The number of ether oxygens (including phenoxy) is 1. The van der Waals surface area contributed by atoms with E-state index in [0.717, 1.165) is 12.1 Å². The van der Waals surface area contributed by atoms with Gasteiger partial charge in [0.2, 0.25) is 0 Å². The summed E-state index contributed by atoms with van der Waals surface area (Å²) in [4.78, 5) is 13.0. The van der Waals surface area contributed by atoms with Gasteiger partial charge in [0.15, 0.2) is 0 Å². The predicted molar refractivity (Wildman–Crippen MR) is 55.5 cm³/mol. The molecule has 1 heterocycles. The largest absolute Gasteiger partial charge is 0.449 e. The summed E-state index contributed by atoms with van der Waals surface area (Å²) in [5.41, 5.74) is 0.938. The fraction of sp³-hybridized carbons (Fsp3) is 0.364. The van der Waals surface area contributed by atoms with Gasteiger partial charge < -0.3 is 4.74 Å². The SMILES string of the molecule is CCOC(=O)N1C=CC=CC=C1CC. The van der Waals surface area contributed by atoms with E-state index < -0.39 is 0 Å². The maximum atomic E-state index is 11.5. The first-order chi connectivity index (χ1) is 6.79. The van der Waals surface area contributed by atoms with Crippen molar-refractivity contribution in [1.82, 2.24) is 4.90 Å². The molecular formula is C11H15NO2. The summed E-state index contributed by atoms with van der Waals surface area (Å²) in [5.74, 6) is 0. The predicted octanol–water partition coefficient (Wildman–Crippen LogP) is 2.82. The molecule has 14 heavy (non-hydrogen) atoms. The van der Waals surface area contributed by atoms with Gasteiger partial charge in [0.05, 0.1) is 6.61 Å². The van der Waals surface area contributed by atoms with Crippen molar-refractivity contribution < 1.29 is 9.53 Å². The number of hydrogen-bond acceptors (Lipinski definition) is 2. The Labute approximate surface area is 84.3 Å². The molecule has 0 saturated carbocycles. The fourth-order valence-corrected chi connectivity index (χ4v) is 1.20. The van der Waals surface area contributed by atoms with Gasteiger partial charge in [-0.25, -0.2) is 4.79 Å². The second-order valence-electron chi connectivity index (χ2n) is 2.81. The second-order valence-corrected chi connectivity index (χ2v) is 2.81. The average molecular weight is 193 g/mol. The molecule has 0 bridgehead atoms. The van der Waals surface area contributed by atoms with Crippen LogP contribution < -0.4 is 0 Å². The lowest BCUT2D eigenvalue weighted by molar-refractivity contribution is 0.130.